The highest BCUT2D eigenvalue weighted by molar-refractivity contribution is 8.01. The lowest BCUT2D eigenvalue weighted by Crippen LogP contribution is -2.05. The van der Waals surface area contributed by atoms with Crippen molar-refractivity contribution < 1.29 is 17.9 Å². The van der Waals surface area contributed by atoms with Crippen LogP contribution in [0.4, 0.5) is 18.3 Å². The Labute approximate surface area is 133 Å². The molecule has 0 spiro atoms. The second-order valence-electron chi connectivity index (χ2n) is 4.34. The van der Waals surface area contributed by atoms with Gasteiger partial charge in [-0.3, -0.25) is 0 Å². The van der Waals surface area contributed by atoms with Gasteiger partial charge in [-0.05, 0) is 31.0 Å². The molecule has 0 radical (unpaired) electrons. The van der Waals surface area contributed by atoms with E-state index in [1.54, 1.807) is 11.8 Å². The number of unbranched alkanes of at least 4 members (excludes halogenated alkanes) is 1. The third kappa shape index (κ3) is 5.38. The number of halogens is 3. The third-order valence-electron chi connectivity index (χ3n) is 2.62. The van der Waals surface area contributed by atoms with Gasteiger partial charge in [0.05, 0.1) is 12.2 Å². The van der Waals surface area contributed by atoms with E-state index in [0.29, 0.717) is 11.7 Å². The number of ether oxygens (including phenoxy) is 1. The second-order valence-corrected chi connectivity index (χ2v) is 6.69. The van der Waals surface area contributed by atoms with E-state index in [9.17, 15) is 13.2 Å². The zero-order chi connectivity index (χ0) is 16.0. The Morgan fingerprint density at radius 2 is 2.05 bits per heavy atom. The van der Waals surface area contributed by atoms with Gasteiger partial charge in [-0.25, -0.2) is 0 Å². The summed E-state index contributed by atoms with van der Waals surface area (Å²) >= 11 is 2.89. The number of rotatable bonds is 7. The number of nitrogens with two attached hydrogens (primary N) is 1. The smallest absolute Gasteiger partial charge is 0.416 e. The summed E-state index contributed by atoms with van der Waals surface area (Å²) < 4.78 is 43.8. The number of nitrogens with zero attached hydrogens (tertiary/aromatic N) is 2. The molecule has 2 aromatic rings. The van der Waals surface area contributed by atoms with Gasteiger partial charge in [-0.1, -0.05) is 29.2 Å². The Kier molecular flexibility index (Phi) is 5.90. The first-order chi connectivity index (χ1) is 10.4. The number of anilines is 1. The Balaban J connectivity index is 1.66. The standard InChI is InChI=1S/C13H14F3N3OS2/c14-13(15,16)9-4-3-5-10(8-9)20-6-1-2-7-21-12-19-18-11(17)22-12/h3-5,8H,1-2,6-7H2,(H2,17,18). The van der Waals surface area contributed by atoms with Crippen molar-refractivity contribution in [2.75, 3.05) is 18.1 Å². The minimum absolute atomic E-state index is 0.236. The molecule has 0 amide bonds. The van der Waals surface area contributed by atoms with Crippen LogP contribution in [0.15, 0.2) is 28.6 Å². The van der Waals surface area contributed by atoms with Crippen molar-refractivity contribution in [3.05, 3.63) is 29.8 Å². The summed E-state index contributed by atoms with van der Waals surface area (Å²) in [7, 11) is 0. The van der Waals surface area contributed by atoms with E-state index in [0.717, 1.165) is 35.1 Å². The SMILES string of the molecule is Nc1nnc(SCCCCOc2cccc(C(F)(F)F)c2)s1. The first-order valence-electron chi connectivity index (χ1n) is 6.47. The molecule has 120 valence electrons. The van der Waals surface area contributed by atoms with Crippen LogP contribution in [0, 0.1) is 0 Å². The summed E-state index contributed by atoms with van der Waals surface area (Å²) in [5.41, 5.74) is 4.77. The Bertz CT molecular complexity index is 604. The van der Waals surface area contributed by atoms with Crippen molar-refractivity contribution in [1.29, 1.82) is 0 Å². The molecule has 0 fully saturated rings. The van der Waals surface area contributed by atoms with Gasteiger partial charge in [0, 0.05) is 5.75 Å². The van der Waals surface area contributed by atoms with Crippen LogP contribution in [0.25, 0.3) is 0 Å². The first-order valence-corrected chi connectivity index (χ1v) is 8.27. The topological polar surface area (TPSA) is 61.0 Å². The minimum Gasteiger partial charge on any atom is -0.494 e. The molecule has 2 N–H and O–H groups in total. The van der Waals surface area contributed by atoms with Gasteiger partial charge >= 0.3 is 6.18 Å². The molecule has 0 aliphatic carbocycles. The van der Waals surface area contributed by atoms with Crippen LogP contribution in [0.2, 0.25) is 0 Å². The lowest BCUT2D eigenvalue weighted by molar-refractivity contribution is -0.137. The zero-order valence-corrected chi connectivity index (χ0v) is 13.1. The maximum atomic E-state index is 12.5. The fraction of sp³-hybridized carbons (Fsp3) is 0.385. The highest BCUT2D eigenvalue weighted by Gasteiger charge is 2.30. The molecule has 0 aliphatic rings. The van der Waals surface area contributed by atoms with Crippen LogP contribution in [-0.4, -0.2) is 22.6 Å². The van der Waals surface area contributed by atoms with E-state index in [2.05, 4.69) is 10.2 Å². The Morgan fingerprint density at radius 3 is 2.73 bits per heavy atom. The van der Waals surface area contributed by atoms with Gasteiger partial charge in [0.1, 0.15) is 5.75 Å². The average molecular weight is 349 g/mol. The van der Waals surface area contributed by atoms with Crippen molar-refractivity contribution in [3.63, 3.8) is 0 Å². The van der Waals surface area contributed by atoms with Crippen molar-refractivity contribution in [2.45, 2.75) is 23.4 Å². The quantitative estimate of drug-likeness (QED) is 0.603. The van der Waals surface area contributed by atoms with Crippen LogP contribution in [0.3, 0.4) is 0 Å². The van der Waals surface area contributed by atoms with Gasteiger partial charge in [-0.2, -0.15) is 13.2 Å². The molecule has 1 aromatic carbocycles. The molecule has 4 nitrogen and oxygen atoms in total. The Morgan fingerprint density at radius 1 is 1.23 bits per heavy atom. The normalized spacial score (nSPS) is 11.6. The molecule has 0 atom stereocenters. The van der Waals surface area contributed by atoms with Crippen LogP contribution >= 0.6 is 23.1 Å². The maximum Gasteiger partial charge on any atom is 0.416 e. The van der Waals surface area contributed by atoms with Gasteiger partial charge < -0.3 is 10.5 Å². The number of hydrogen-bond acceptors (Lipinski definition) is 6. The molecular formula is C13H14F3N3OS2. The number of hydrogen-bond donors (Lipinski definition) is 1. The van der Waals surface area contributed by atoms with Crippen LogP contribution in [-0.2, 0) is 6.18 Å². The highest BCUT2D eigenvalue weighted by Crippen LogP contribution is 2.31. The van der Waals surface area contributed by atoms with Crippen LogP contribution in [0.1, 0.15) is 18.4 Å². The fourth-order valence-corrected chi connectivity index (χ4v) is 3.30. The first kappa shape index (κ1) is 16.9. The number of benzene rings is 1. The molecule has 0 unspecified atom stereocenters. The summed E-state index contributed by atoms with van der Waals surface area (Å²) in [6.45, 7) is 0.375. The van der Waals surface area contributed by atoms with E-state index in [1.807, 2.05) is 0 Å². The lowest BCUT2D eigenvalue weighted by Gasteiger charge is -2.10. The molecule has 2 rings (SSSR count). The predicted octanol–water partition coefficient (Wildman–Crippen LogP) is 4.09. The highest BCUT2D eigenvalue weighted by atomic mass is 32.2. The fourth-order valence-electron chi connectivity index (χ4n) is 1.59. The van der Waals surface area contributed by atoms with Crippen molar-refractivity contribution in [2.24, 2.45) is 0 Å². The Hall–Kier alpha value is -1.48. The molecule has 0 bridgehead atoms. The molecule has 0 saturated carbocycles. The van der Waals surface area contributed by atoms with Gasteiger partial charge in [-0.15, -0.1) is 10.2 Å². The van der Waals surface area contributed by atoms with E-state index < -0.39 is 11.7 Å². The molecule has 1 heterocycles. The van der Waals surface area contributed by atoms with Crippen molar-refractivity contribution in [1.82, 2.24) is 10.2 Å². The zero-order valence-electron chi connectivity index (χ0n) is 11.5. The molecule has 22 heavy (non-hydrogen) atoms. The monoisotopic (exact) mass is 349 g/mol. The van der Waals surface area contributed by atoms with Gasteiger partial charge in [0.25, 0.3) is 0 Å². The minimum atomic E-state index is -4.35. The van der Waals surface area contributed by atoms with Gasteiger partial charge in [0.2, 0.25) is 5.13 Å². The van der Waals surface area contributed by atoms with Crippen molar-refractivity contribution >= 4 is 28.2 Å². The molecule has 1 aromatic heterocycles. The molecule has 0 saturated heterocycles. The second kappa shape index (κ2) is 7.68. The molecule has 0 aliphatic heterocycles. The average Bonchev–Trinajstić information content (AvgIpc) is 2.88. The van der Waals surface area contributed by atoms with E-state index in [-0.39, 0.29) is 5.75 Å². The molecule has 9 heteroatoms. The summed E-state index contributed by atoms with van der Waals surface area (Å²) in [4.78, 5) is 0. The number of thioether (sulfide) groups is 1. The maximum absolute atomic E-state index is 12.5. The summed E-state index contributed by atoms with van der Waals surface area (Å²) in [5.74, 6) is 1.07. The number of aromatic nitrogens is 2. The number of nitrogen functional groups attached to an aromatic ring is 1. The van der Waals surface area contributed by atoms with E-state index in [4.69, 9.17) is 10.5 Å². The third-order valence-corrected chi connectivity index (χ3v) is 4.59. The largest absolute Gasteiger partial charge is 0.494 e. The van der Waals surface area contributed by atoms with E-state index in [1.165, 1.54) is 23.5 Å². The lowest BCUT2D eigenvalue weighted by atomic mass is 10.2. The van der Waals surface area contributed by atoms with Crippen LogP contribution in [0.5, 0.6) is 5.75 Å². The van der Waals surface area contributed by atoms with Gasteiger partial charge in [0.15, 0.2) is 4.34 Å². The van der Waals surface area contributed by atoms with Crippen molar-refractivity contribution in [3.8, 4) is 5.75 Å². The predicted molar refractivity (Wildman–Crippen MR) is 81.2 cm³/mol. The van der Waals surface area contributed by atoms with E-state index >= 15 is 0 Å². The number of alkyl halides is 3. The van der Waals surface area contributed by atoms with Crippen LogP contribution < -0.4 is 10.5 Å². The molecular weight excluding hydrogens is 335 g/mol. The summed E-state index contributed by atoms with van der Waals surface area (Å²) in [5, 5.41) is 8.03. The summed E-state index contributed by atoms with van der Waals surface area (Å²) in [6, 6.07) is 4.90. The summed E-state index contributed by atoms with van der Waals surface area (Å²) in [6.07, 6.45) is -2.74.